The third-order valence-electron chi connectivity index (χ3n) is 4.18. The lowest BCUT2D eigenvalue weighted by molar-refractivity contribution is -0.112. The molecule has 0 aliphatic rings. The van der Waals surface area contributed by atoms with E-state index in [1.807, 2.05) is 72.2 Å². The van der Waals surface area contributed by atoms with E-state index in [0.717, 1.165) is 17.1 Å². The molecule has 5 nitrogen and oxygen atoms in total. The Labute approximate surface area is 169 Å². The van der Waals surface area contributed by atoms with Crippen LogP contribution < -0.4 is 10.2 Å². The van der Waals surface area contributed by atoms with Gasteiger partial charge in [-0.05, 0) is 66.7 Å². The summed E-state index contributed by atoms with van der Waals surface area (Å²) in [5.41, 5.74) is 3.36. The molecule has 0 aliphatic carbocycles. The fourth-order valence-corrected chi connectivity index (χ4v) is 2.81. The van der Waals surface area contributed by atoms with E-state index in [1.165, 1.54) is 0 Å². The van der Waals surface area contributed by atoms with Gasteiger partial charge >= 0.3 is 0 Å². The van der Waals surface area contributed by atoms with Gasteiger partial charge in [-0.15, -0.1) is 0 Å². The van der Waals surface area contributed by atoms with E-state index in [0.29, 0.717) is 10.7 Å². The summed E-state index contributed by atoms with van der Waals surface area (Å²) < 4.78 is 1.92. The van der Waals surface area contributed by atoms with Crippen LogP contribution in [0.2, 0.25) is 5.02 Å². The maximum atomic E-state index is 12.5. The fraction of sp³-hybridized carbons (Fsp3) is 0.0909. The molecule has 1 N–H and O–H groups in total. The van der Waals surface area contributed by atoms with Crippen molar-refractivity contribution >= 4 is 35.0 Å². The topological polar surface area (TPSA) is 61.1 Å². The number of aromatic nitrogens is 1. The lowest BCUT2D eigenvalue weighted by Gasteiger charge is -2.14. The van der Waals surface area contributed by atoms with Crippen LogP contribution in [0, 0.1) is 11.3 Å². The van der Waals surface area contributed by atoms with Crippen molar-refractivity contribution in [1.29, 1.82) is 5.26 Å². The van der Waals surface area contributed by atoms with Crippen LogP contribution >= 0.6 is 11.6 Å². The second-order valence-corrected chi connectivity index (χ2v) is 6.78. The average Bonchev–Trinajstić information content (AvgIpc) is 3.16. The first kappa shape index (κ1) is 19.3. The van der Waals surface area contributed by atoms with Crippen LogP contribution in [-0.2, 0) is 4.79 Å². The Hall–Kier alpha value is -3.49. The van der Waals surface area contributed by atoms with Crippen molar-refractivity contribution in [2.45, 2.75) is 0 Å². The summed E-state index contributed by atoms with van der Waals surface area (Å²) in [5, 5.41) is 12.7. The molecule has 0 aliphatic heterocycles. The van der Waals surface area contributed by atoms with E-state index in [9.17, 15) is 10.1 Å². The molecular weight excluding hydrogens is 372 g/mol. The van der Waals surface area contributed by atoms with Crippen molar-refractivity contribution in [3.05, 3.63) is 83.2 Å². The molecule has 2 aromatic carbocycles. The lowest BCUT2D eigenvalue weighted by Crippen LogP contribution is -2.13. The number of hydrogen-bond acceptors (Lipinski definition) is 3. The van der Waals surface area contributed by atoms with Gasteiger partial charge < -0.3 is 14.8 Å². The summed E-state index contributed by atoms with van der Waals surface area (Å²) in [6.45, 7) is 0. The van der Waals surface area contributed by atoms with E-state index in [4.69, 9.17) is 11.6 Å². The zero-order chi connectivity index (χ0) is 20.1. The van der Waals surface area contributed by atoms with Crippen molar-refractivity contribution in [3.63, 3.8) is 0 Å². The van der Waals surface area contributed by atoms with Gasteiger partial charge in [0.2, 0.25) is 0 Å². The average molecular weight is 391 g/mol. The van der Waals surface area contributed by atoms with Crippen LogP contribution in [0.3, 0.4) is 0 Å². The zero-order valence-corrected chi connectivity index (χ0v) is 16.3. The Kier molecular flexibility index (Phi) is 5.83. The second kappa shape index (κ2) is 8.47. The van der Waals surface area contributed by atoms with Crippen molar-refractivity contribution in [2.24, 2.45) is 0 Å². The molecule has 3 rings (SSSR count). The number of carbonyl (C=O) groups excluding carboxylic acids is 1. The number of rotatable bonds is 5. The Morgan fingerprint density at radius 2 is 1.79 bits per heavy atom. The van der Waals surface area contributed by atoms with Gasteiger partial charge in [0.15, 0.2) is 0 Å². The number of hydrogen-bond donors (Lipinski definition) is 1. The molecule has 6 heteroatoms. The Balaban J connectivity index is 1.85. The number of carbonyl (C=O) groups is 1. The second-order valence-electron chi connectivity index (χ2n) is 6.34. The molecule has 1 heterocycles. The standard InChI is InChI=1S/C22H19ClN4O/c1-26(2)19-9-11-20(12-10-19)27-13-3-4-21(27)14-16(15-24)22(28)25-18-7-5-17(23)6-8-18/h3-14H,1-2H3,(H,25,28)/b16-14-. The Morgan fingerprint density at radius 3 is 2.39 bits per heavy atom. The maximum Gasteiger partial charge on any atom is 0.266 e. The van der Waals surface area contributed by atoms with Crippen LogP contribution in [0.25, 0.3) is 11.8 Å². The van der Waals surface area contributed by atoms with Crippen molar-refractivity contribution in [1.82, 2.24) is 4.57 Å². The van der Waals surface area contributed by atoms with Gasteiger partial charge in [0.25, 0.3) is 5.91 Å². The monoisotopic (exact) mass is 390 g/mol. The molecule has 0 spiro atoms. The van der Waals surface area contributed by atoms with Gasteiger partial charge in [0.05, 0.1) is 0 Å². The first-order chi connectivity index (χ1) is 13.5. The number of anilines is 2. The minimum atomic E-state index is -0.472. The van der Waals surface area contributed by atoms with Crippen LogP contribution in [0.4, 0.5) is 11.4 Å². The molecule has 140 valence electrons. The highest BCUT2D eigenvalue weighted by Gasteiger charge is 2.11. The molecule has 1 aromatic heterocycles. The first-order valence-electron chi connectivity index (χ1n) is 8.62. The predicted molar refractivity (Wildman–Crippen MR) is 114 cm³/mol. The van der Waals surface area contributed by atoms with E-state index in [2.05, 4.69) is 5.32 Å². The highest BCUT2D eigenvalue weighted by Crippen LogP contribution is 2.20. The summed E-state index contributed by atoms with van der Waals surface area (Å²) in [4.78, 5) is 14.5. The summed E-state index contributed by atoms with van der Waals surface area (Å²) in [6.07, 6.45) is 3.47. The minimum Gasteiger partial charge on any atom is -0.378 e. The van der Waals surface area contributed by atoms with Gasteiger partial charge in [0.1, 0.15) is 11.6 Å². The summed E-state index contributed by atoms with van der Waals surface area (Å²) in [7, 11) is 3.97. The van der Waals surface area contributed by atoms with Crippen LogP contribution in [0.15, 0.2) is 72.4 Å². The quantitative estimate of drug-likeness (QED) is 0.505. The van der Waals surface area contributed by atoms with Crippen molar-refractivity contribution < 1.29 is 4.79 Å². The number of nitriles is 1. The fourth-order valence-electron chi connectivity index (χ4n) is 2.69. The van der Waals surface area contributed by atoms with E-state index in [-0.39, 0.29) is 5.57 Å². The molecule has 0 bridgehead atoms. The molecule has 1 amide bonds. The number of benzene rings is 2. The van der Waals surface area contributed by atoms with E-state index >= 15 is 0 Å². The van der Waals surface area contributed by atoms with Gasteiger partial charge in [-0.25, -0.2) is 0 Å². The minimum absolute atomic E-state index is 0.0137. The SMILES string of the molecule is CN(C)c1ccc(-n2cccc2/C=C(/C#N)C(=O)Nc2ccc(Cl)cc2)cc1. The summed E-state index contributed by atoms with van der Waals surface area (Å²) in [5.74, 6) is -0.472. The van der Waals surface area contributed by atoms with Gasteiger partial charge in [0, 0.05) is 48.1 Å². The molecule has 0 saturated carbocycles. The smallest absolute Gasteiger partial charge is 0.266 e. The number of nitrogens with zero attached hydrogens (tertiary/aromatic N) is 3. The van der Waals surface area contributed by atoms with Crippen LogP contribution in [0.5, 0.6) is 0 Å². The van der Waals surface area contributed by atoms with Gasteiger partial charge in [-0.1, -0.05) is 11.6 Å². The van der Waals surface area contributed by atoms with Crippen molar-refractivity contribution in [3.8, 4) is 11.8 Å². The zero-order valence-electron chi connectivity index (χ0n) is 15.6. The Morgan fingerprint density at radius 1 is 1.11 bits per heavy atom. The maximum absolute atomic E-state index is 12.5. The molecule has 0 fully saturated rings. The number of amides is 1. The van der Waals surface area contributed by atoms with E-state index in [1.54, 1.807) is 30.3 Å². The third-order valence-corrected chi connectivity index (χ3v) is 4.44. The predicted octanol–water partition coefficient (Wildman–Crippen LogP) is 4.74. The van der Waals surface area contributed by atoms with Crippen LogP contribution in [-0.4, -0.2) is 24.6 Å². The molecule has 0 atom stereocenters. The Bertz CT molecular complexity index is 1040. The lowest BCUT2D eigenvalue weighted by atomic mass is 10.2. The number of nitrogens with one attached hydrogen (secondary N) is 1. The highest BCUT2D eigenvalue weighted by molar-refractivity contribution is 6.30. The molecule has 0 radical (unpaired) electrons. The highest BCUT2D eigenvalue weighted by atomic mass is 35.5. The molecule has 3 aromatic rings. The molecular formula is C22H19ClN4O. The molecule has 28 heavy (non-hydrogen) atoms. The summed E-state index contributed by atoms with van der Waals surface area (Å²) >= 11 is 5.85. The molecule has 0 unspecified atom stereocenters. The van der Waals surface area contributed by atoms with Gasteiger partial charge in [-0.2, -0.15) is 5.26 Å². The van der Waals surface area contributed by atoms with E-state index < -0.39 is 5.91 Å². The largest absolute Gasteiger partial charge is 0.378 e. The van der Waals surface area contributed by atoms with Crippen molar-refractivity contribution in [2.75, 3.05) is 24.3 Å². The number of halogens is 1. The van der Waals surface area contributed by atoms with Crippen LogP contribution in [0.1, 0.15) is 5.69 Å². The third kappa shape index (κ3) is 4.43. The normalized spacial score (nSPS) is 11.0. The van der Waals surface area contributed by atoms with Gasteiger partial charge in [-0.3, -0.25) is 4.79 Å². The summed E-state index contributed by atoms with van der Waals surface area (Å²) in [6, 6.07) is 20.4. The molecule has 0 saturated heterocycles. The first-order valence-corrected chi connectivity index (χ1v) is 8.99.